The van der Waals surface area contributed by atoms with E-state index in [9.17, 15) is 0 Å². The lowest BCUT2D eigenvalue weighted by molar-refractivity contribution is 0.308. The van der Waals surface area contributed by atoms with E-state index in [1.165, 1.54) is 25.5 Å². The van der Waals surface area contributed by atoms with Crippen LogP contribution in [0.25, 0.3) is 0 Å². The van der Waals surface area contributed by atoms with E-state index in [0.717, 1.165) is 13.1 Å². The van der Waals surface area contributed by atoms with Gasteiger partial charge in [-0.1, -0.05) is 0 Å². The van der Waals surface area contributed by atoms with Crippen molar-refractivity contribution in [1.29, 1.82) is 0 Å². The molecule has 0 aliphatic carbocycles. The van der Waals surface area contributed by atoms with Crippen LogP contribution in [0.1, 0.15) is 6.42 Å². The van der Waals surface area contributed by atoms with Crippen LogP contribution in [0.15, 0.2) is 4.99 Å². The first-order valence-electron chi connectivity index (χ1n) is 3.88. The van der Waals surface area contributed by atoms with E-state index in [1.807, 2.05) is 0 Å². The summed E-state index contributed by atoms with van der Waals surface area (Å²) >= 11 is 0. The Kier molecular flexibility index (Phi) is 1.29. The van der Waals surface area contributed by atoms with Gasteiger partial charge in [0.2, 0.25) is 0 Å². The SMILES string of the molecule is CN1CCCN2CCN=C12. The Labute approximate surface area is 61.3 Å². The zero-order chi connectivity index (χ0) is 6.97. The van der Waals surface area contributed by atoms with Gasteiger partial charge >= 0.3 is 0 Å². The fourth-order valence-electron chi connectivity index (χ4n) is 1.64. The standard InChI is InChI=1S/C7H13N3/c1-9-4-2-5-10-6-3-8-7(9)10/h2-6H2,1H3. The lowest BCUT2D eigenvalue weighted by Gasteiger charge is -2.32. The third kappa shape index (κ3) is 0.770. The molecule has 2 rings (SSSR count). The summed E-state index contributed by atoms with van der Waals surface area (Å²) in [6.07, 6.45) is 1.29. The van der Waals surface area contributed by atoms with Gasteiger partial charge in [0.15, 0.2) is 5.96 Å². The zero-order valence-electron chi connectivity index (χ0n) is 6.38. The summed E-state index contributed by atoms with van der Waals surface area (Å²) in [6, 6.07) is 0. The van der Waals surface area contributed by atoms with E-state index in [-0.39, 0.29) is 0 Å². The highest BCUT2D eigenvalue weighted by molar-refractivity contribution is 5.81. The lowest BCUT2D eigenvalue weighted by atomic mass is 10.3. The van der Waals surface area contributed by atoms with Gasteiger partial charge in [0.05, 0.1) is 6.54 Å². The van der Waals surface area contributed by atoms with Crippen molar-refractivity contribution < 1.29 is 0 Å². The van der Waals surface area contributed by atoms with E-state index in [4.69, 9.17) is 0 Å². The van der Waals surface area contributed by atoms with Crippen LogP contribution in [0.4, 0.5) is 0 Å². The Morgan fingerprint density at radius 3 is 3.00 bits per heavy atom. The van der Waals surface area contributed by atoms with Gasteiger partial charge in [0.25, 0.3) is 0 Å². The Morgan fingerprint density at radius 1 is 1.30 bits per heavy atom. The first kappa shape index (κ1) is 6.01. The lowest BCUT2D eigenvalue weighted by Crippen LogP contribution is -2.45. The zero-order valence-corrected chi connectivity index (χ0v) is 6.38. The average Bonchev–Trinajstić information content (AvgIpc) is 2.36. The van der Waals surface area contributed by atoms with Crippen LogP contribution in [0.2, 0.25) is 0 Å². The second-order valence-corrected chi connectivity index (χ2v) is 2.94. The Balaban J connectivity index is 2.15. The summed E-state index contributed by atoms with van der Waals surface area (Å²) in [5.41, 5.74) is 0. The summed E-state index contributed by atoms with van der Waals surface area (Å²) in [7, 11) is 2.12. The van der Waals surface area contributed by atoms with Crippen LogP contribution >= 0.6 is 0 Å². The molecule has 0 atom stereocenters. The van der Waals surface area contributed by atoms with Crippen molar-refractivity contribution in [2.24, 2.45) is 4.99 Å². The largest absolute Gasteiger partial charge is 0.346 e. The molecular formula is C7H13N3. The average molecular weight is 139 g/mol. The van der Waals surface area contributed by atoms with Crippen LogP contribution < -0.4 is 0 Å². The van der Waals surface area contributed by atoms with Gasteiger partial charge in [-0.15, -0.1) is 0 Å². The minimum atomic E-state index is 1.000. The van der Waals surface area contributed by atoms with E-state index in [1.54, 1.807) is 0 Å². The highest BCUT2D eigenvalue weighted by atomic mass is 15.4. The number of aliphatic imine (C=N–C) groups is 1. The number of rotatable bonds is 0. The molecule has 0 spiro atoms. The van der Waals surface area contributed by atoms with Gasteiger partial charge in [-0.05, 0) is 6.42 Å². The summed E-state index contributed by atoms with van der Waals surface area (Å²) in [5.74, 6) is 1.21. The van der Waals surface area contributed by atoms with Crippen LogP contribution in [0.5, 0.6) is 0 Å². The van der Waals surface area contributed by atoms with E-state index in [2.05, 4.69) is 21.8 Å². The second-order valence-electron chi connectivity index (χ2n) is 2.94. The molecule has 0 aromatic carbocycles. The normalized spacial score (nSPS) is 24.7. The molecule has 0 radical (unpaired) electrons. The minimum absolute atomic E-state index is 1.000. The van der Waals surface area contributed by atoms with E-state index >= 15 is 0 Å². The summed E-state index contributed by atoms with van der Waals surface area (Å²) in [6.45, 7) is 4.53. The molecule has 3 heteroatoms. The Bertz CT molecular complexity index is 164. The first-order valence-corrected chi connectivity index (χ1v) is 3.88. The highest BCUT2D eigenvalue weighted by Crippen LogP contribution is 2.10. The van der Waals surface area contributed by atoms with Crippen molar-refractivity contribution in [3.05, 3.63) is 0 Å². The van der Waals surface area contributed by atoms with Crippen molar-refractivity contribution in [2.45, 2.75) is 6.42 Å². The van der Waals surface area contributed by atoms with Crippen LogP contribution in [-0.4, -0.2) is 49.0 Å². The maximum atomic E-state index is 4.41. The van der Waals surface area contributed by atoms with Crippen LogP contribution in [0, 0.1) is 0 Å². The summed E-state index contributed by atoms with van der Waals surface area (Å²) < 4.78 is 0. The third-order valence-corrected chi connectivity index (χ3v) is 2.17. The second kappa shape index (κ2) is 2.15. The van der Waals surface area contributed by atoms with Crippen molar-refractivity contribution >= 4 is 5.96 Å². The molecule has 10 heavy (non-hydrogen) atoms. The molecule has 0 bridgehead atoms. The maximum Gasteiger partial charge on any atom is 0.196 e. The van der Waals surface area contributed by atoms with Crippen molar-refractivity contribution in [2.75, 3.05) is 33.2 Å². The molecule has 56 valence electrons. The molecule has 1 fully saturated rings. The predicted molar refractivity (Wildman–Crippen MR) is 41.1 cm³/mol. The molecule has 0 aromatic heterocycles. The minimum Gasteiger partial charge on any atom is -0.346 e. The molecule has 0 aromatic rings. The third-order valence-electron chi connectivity index (χ3n) is 2.17. The number of hydrogen-bond acceptors (Lipinski definition) is 3. The van der Waals surface area contributed by atoms with E-state index < -0.39 is 0 Å². The fraction of sp³-hybridized carbons (Fsp3) is 0.857. The van der Waals surface area contributed by atoms with Gasteiger partial charge in [-0.25, -0.2) is 0 Å². The maximum absolute atomic E-state index is 4.41. The highest BCUT2D eigenvalue weighted by Gasteiger charge is 2.23. The molecule has 0 N–H and O–H groups in total. The molecule has 0 saturated carbocycles. The topological polar surface area (TPSA) is 18.8 Å². The molecule has 3 nitrogen and oxygen atoms in total. The van der Waals surface area contributed by atoms with Gasteiger partial charge in [-0.3, -0.25) is 4.99 Å². The van der Waals surface area contributed by atoms with Gasteiger partial charge < -0.3 is 9.80 Å². The van der Waals surface area contributed by atoms with Crippen molar-refractivity contribution in [1.82, 2.24) is 9.80 Å². The molecule has 2 heterocycles. The quantitative estimate of drug-likeness (QED) is 0.470. The molecule has 1 saturated heterocycles. The molecule has 2 aliphatic heterocycles. The Hall–Kier alpha value is -0.730. The summed E-state index contributed by atoms with van der Waals surface area (Å²) in [5, 5.41) is 0. The summed E-state index contributed by atoms with van der Waals surface area (Å²) in [4.78, 5) is 9.02. The smallest absolute Gasteiger partial charge is 0.196 e. The van der Waals surface area contributed by atoms with Crippen molar-refractivity contribution in [3.63, 3.8) is 0 Å². The fourth-order valence-corrected chi connectivity index (χ4v) is 1.64. The molecule has 0 unspecified atom stereocenters. The van der Waals surface area contributed by atoms with E-state index in [0.29, 0.717) is 0 Å². The van der Waals surface area contributed by atoms with Crippen LogP contribution in [-0.2, 0) is 0 Å². The molecule has 0 amide bonds. The number of hydrogen-bond donors (Lipinski definition) is 0. The molecular weight excluding hydrogens is 126 g/mol. The number of fused-ring (bicyclic) bond motifs is 1. The van der Waals surface area contributed by atoms with Gasteiger partial charge in [-0.2, -0.15) is 0 Å². The van der Waals surface area contributed by atoms with Crippen molar-refractivity contribution in [3.8, 4) is 0 Å². The van der Waals surface area contributed by atoms with Crippen LogP contribution in [0.3, 0.4) is 0 Å². The number of nitrogens with zero attached hydrogens (tertiary/aromatic N) is 3. The monoisotopic (exact) mass is 139 g/mol. The number of guanidine groups is 1. The first-order chi connectivity index (χ1) is 4.88. The molecule has 2 aliphatic rings. The Morgan fingerprint density at radius 2 is 2.20 bits per heavy atom. The van der Waals surface area contributed by atoms with Gasteiger partial charge in [0.1, 0.15) is 0 Å². The predicted octanol–water partition coefficient (Wildman–Crippen LogP) is -0.00650. The van der Waals surface area contributed by atoms with Gasteiger partial charge in [0, 0.05) is 26.7 Å².